The molecule has 0 radical (unpaired) electrons. The van der Waals surface area contributed by atoms with Gasteiger partial charge >= 0.3 is 6.03 Å². The minimum atomic E-state index is -1.13. The van der Waals surface area contributed by atoms with E-state index in [4.69, 9.17) is 23.2 Å². The number of hydrogen-bond acceptors (Lipinski definition) is 3. The van der Waals surface area contributed by atoms with Crippen LogP contribution in [0.15, 0.2) is 18.2 Å². The molecule has 0 atom stereocenters. The number of halogens is 2. The molecule has 5 nitrogen and oxygen atoms in total. The van der Waals surface area contributed by atoms with Crippen molar-refractivity contribution in [2.75, 3.05) is 4.90 Å². The standard InChI is InChI=1S/C13H10Cl2N2O3/c14-7-2-3-8(15)9(6-7)17-11(19)13(4-1-5-13)10(18)16-12(17)20/h2-3,6H,1,4-5H2,(H,16,18,20). The highest BCUT2D eigenvalue weighted by Crippen LogP contribution is 2.46. The molecule has 1 saturated heterocycles. The van der Waals surface area contributed by atoms with E-state index in [1.54, 1.807) is 6.07 Å². The maximum absolute atomic E-state index is 12.6. The number of carbonyl (C=O) groups is 3. The van der Waals surface area contributed by atoms with Gasteiger partial charge in [0.05, 0.1) is 10.7 Å². The zero-order valence-electron chi connectivity index (χ0n) is 10.3. The Balaban J connectivity index is 2.08. The molecule has 104 valence electrons. The number of urea groups is 1. The third-order valence-corrected chi connectivity index (χ3v) is 4.38. The molecular formula is C13H10Cl2N2O3. The fourth-order valence-corrected chi connectivity index (χ4v) is 2.89. The molecule has 1 aliphatic heterocycles. The third kappa shape index (κ3) is 1.73. The molecule has 1 aromatic carbocycles. The highest BCUT2D eigenvalue weighted by atomic mass is 35.5. The van der Waals surface area contributed by atoms with Crippen LogP contribution in [0.3, 0.4) is 0 Å². The molecular weight excluding hydrogens is 303 g/mol. The van der Waals surface area contributed by atoms with Crippen LogP contribution in [0.25, 0.3) is 0 Å². The zero-order chi connectivity index (χ0) is 14.5. The number of hydrogen-bond donors (Lipinski definition) is 1. The molecule has 1 heterocycles. The Bertz CT molecular complexity index is 641. The molecule has 1 aliphatic carbocycles. The van der Waals surface area contributed by atoms with Gasteiger partial charge in [-0.25, -0.2) is 9.69 Å². The number of nitrogens with zero attached hydrogens (tertiary/aromatic N) is 1. The minimum Gasteiger partial charge on any atom is -0.276 e. The summed E-state index contributed by atoms with van der Waals surface area (Å²) in [5.74, 6) is -1.05. The van der Waals surface area contributed by atoms with Crippen LogP contribution in [0.4, 0.5) is 10.5 Å². The van der Waals surface area contributed by atoms with Gasteiger partial charge in [-0.3, -0.25) is 14.9 Å². The molecule has 1 N–H and O–H groups in total. The second-order valence-electron chi connectivity index (χ2n) is 4.93. The van der Waals surface area contributed by atoms with Crippen LogP contribution in [-0.2, 0) is 9.59 Å². The summed E-state index contributed by atoms with van der Waals surface area (Å²) in [4.78, 5) is 37.4. The van der Waals surface area contributed by atoms with Crippen molar-refractivity contribution in [3.8, 4) is 0 Å². The van der Waals surface area contributed by atoms with Crippen LogP contribution in [0.2, 0.25) is 10.0 Å². The highest BCUT2D eigenvalue weighted by Gasteiger charge is 2.57. The molecule has 1 aromatic rings. The van der Waals surface area contributed by atoms with Gasteiger partial charge in [0.15, 0.2) is 0 Å². The summed E-state index contributed by atoms with van der Waals surface area (Å²) < 4.78 is 0. The Labute approximate surface area is 124 Å². The van der Waals surface area contributed by atoms with Crippen molar-refractivity contribution in [2.45, 2.75) is 19.3 Å². The van der Waals surface area contributed by atoms with Crippen molar-refractivity contribution >= 4 is 46.7 Å². The van der Waals surface area contributed by atoms with Gasteiger partial charge in [-0.15, -0.1) is 0 Å². The highest BCUT2D eigenvalue weighted by molar-refractivity contribution is 6.39. The SMILES string of the molecule is O=C1NC(=O)C2(CCC2)C(=O)N1c1cc(Cl)ccc1Cl. The van der Waals surface area contributed by atoms with Crippen LogP contribution in [0.5, 0.6) is 0 Å². The summed E-state index contributed by atoms with van der Waals surface area (Å²) in [7, 11) is 0. The van der Waals surface area contributed by atoms with E-state index in [-0.39, 0.29) is 10.7 Å². The zero-order valence-corrected chi connectivity index (χ0v) is 11.8. The van der Waals surface area contributed by atoms with Crippen molar-refractivity contribution in [1.82, 2.24) is 5.32 Å². The Hall–Kier alpha value is -1.59. The van der Waals surface area contributed by atoms with E-state index in [9.17, 15) is 14.4 Å². The normalized spacial score (nSPS) is 20.9. The van der Waals surface area contributed by atoms with E-state index in [1.807, 2.05) is 0 Å². The molecule has 3 rings (SSSR count). The number of imide groups is 2. The molecule has 20 heavy (non-hydrogen) atoms. The molecule has 1 spiro atoms. The fraction of sp³-hybridized carbons (Fsp3) is 0.308. The lowest BCUT2D eigenvalue weighted by atomic mass is 9.66. The number of amides is 4. The van der Waals surface area contributed by atoms with Crippen LogP contribution in [0, 0.1) is 5.41 Å². The molecule has 7 heteroatoms. The molecule has 0 bridgehead atoms. The van der Waals surface area contributed by atoms with Crippen molar-refractivity contribution in [3.05, 3.63) is 28.2 Å². The minimum absolute atomic E-state index is 0.195. The van der Waals surface area contributed by atoms with E-state index in [2.05, 4.69) is 5.32 Å². The predicted molar refractivity (Wildman–Crippen MR) is 73.8 cm³/mol. The van der Waals surface area contributed by atoms with Gasteiger partial charge in [-0.05, 0) is 31.0 Å². The summed E-state index contributed by atoms with van der Waals surface area (Å²) in [5.41, 5.74) is -0.931. The van der Waals surface area contributed by atoms with Crippen LogP contribution in [-0.4, -0.2) is 17.8 Å². The largest absolute Gasteiger partial charge is 0.335 e. The van der Waals surface area contributed by atoms with Crippen molar-refractivity contribution in [2.24, 2.45) is 5.41 Å². The third-order valence-electron chi connectivity index (χ3n) is 3.83. The lowest BCUT2D eigenvalue weighted by Crippen LogP contribution is -2.66. The first-order valence-corrected chi connectivity index (χ1v) is 6.86. The Morgan fingerprint density at radius 1 is 1.15 bits per heavy atom. The van der Waals surface area contributed by atoms with Gasteiger partial charge < -0.3 is 0 Å². The fourth-order valence-electron chi connectivity index (χ4n) is 2.52. The van der Waals surface area contributed by atoms with E-state index in [1.165, 1.54) is 12.1 Å². The quantitative estimate of drug-likeness (QED) is 0.811. The molecule has 2 fully saturated rings. The first-order chi connectivity index (χ1) is 9.45. The van der Waals surface area contributed by atoms with Crippen LogP contribution < -0.4 is 10.2 Å². The number of anilines is 1. The number of benzene rings is 1. The summed E-state index contributed by atoms with van der Waals surface area (Å²) >= 11 is 11.9. The van der Waals surface area contributed by atoms with Gasteiger partial charge in [0.2, 0.25) is 5.91 Å². The van der Waals surface area contributed by atoms with Gasteiger partial charge in [0, 0.05) is 5.02 Å². The average molecular weight is 313 g/mol. The first-order valence-electron chi connectivity index (χ1n) is 6.11. The van der Waals surface area contributed by atoms with Gasteiger partial charge in [-0.1, -0.05) is 29.6 Å². The number of barbiturate groups is 1. The van der Waals surface area contributed by atoms with Crippen LogP contribution in [0.1, 0.15) is 19.3 Å². The van der Waals surface area contributed by atoms with E-state index < -0.39 is 23.3 Å². The lowest BCUT2D eigenvalue weighted by Gasteiger charge is -2.44. The van der Waals surface area contributed by atoms with Crippen molar-refractivity contribution < 1.29 is 14.4 Å². The smallest absolute Gasteiger partial charge is 0.276 e. The molecule has 2 aliphatic rings. The average Bonchev–Trinajstić information content (AvgIpc) is 2.31. The topological polar surface area (TPSA) is 66.5 Å². The maximum Gasteiger partial charge on any atom is 0.335 e. The number of nitrogens with one attached hydrogen (secondary N) is 1. The summed E-state index contributed by atoms with van der Waals surface area (Å²) in [6.45, 7) is 0. The van der Waals surface area contributed by atoms with E-state index >= 15 is 0 Å². The molecule has 0 unspecified atom stereocenters. The first kappa shape index (κ1) is 13.4. The number of carbonyl (C=O) groups excluding carboxylic acids is 3. The summed E-state index contributed by atoms with van der Waals surface area (Å²) in [6, 6.07) is 3.71. The second kappa shape index (κ2) is 4.46. The van der Waals surface area contributed by atoms with E-state index in [0.717, 1.165) is 11.3 Å². The second-order valence-corrected chi connectivity index (χ2v) is 5.77. The van der Waals surface area contributed by atoms with Crippen LogP contribution >= 0.6 is 23.2 Å². The van der Waals surface area contributed by atoms with Crippen molar-refractivity contribution in [3.63, 3.8) is 0 Å². The lowest BCUT2D eigenvalue weighted by molar-refractivity contribution is -0.148. The summed E-state index contributed by atoms with van der Waals surface area (Å²) in [5, 5.41) is 2.80. The van der Waals surface area contributed by atoms with Gasteiger partial charge in [0.1, 0.15) is 5.41 Å². The van der Waals surface area contributed by atoms with Gasteiger partial charge in [0.25, 0.3) is 5.91 Å². The Morgan fingerprint density at radius 2 is 1.85 bits per heavy atom. The van der Waals surface area contributed by atoms with Gasteiger partial charge in [-0.2, -0.15) is 0 Å². The monoisotopic (exact) mass is 312 g/mol. The summed E-state index contributed by atoms with van der Waals surface area (Å²) in [6.07, 6.45) is 1.67. The maximum atomic E-state index is 12.6. The molecule has 4 amide bonds. The Morgan fingerprint density at radius 3 is 2.45 bits per heavy atom. The molecule has 1 saturated carbocycles. The number of rotatable bonds is 1. The molecule has 0 aromatic heterocycles. The Kier molecular flexibility index (Phi) is 2.99. The van der Waals surface area contributed by atoms with Crippen molar-refractivity contribution in [1.29, 1.82) is 0 Å². The van der Waals surface area contributed by atoms with E-state index in [0.29, 0.717) is 17.9 Å². The predicted octanol–water partition coefficient (Wildman–Crippen LogP) is 2.75.